The number of aromatic nitrogens is 2. The fourth-order valence-corrected chi connectivity index (χ4v) is 2.36. The molecule has 3 aromatic rings. The van der Waals surface area contributed by atoms with Gasteiger partial charge in [-0.25, -0.2) is 4.68 Å². The van der Waals surface area contributed by atoms with Crippen LogP contribution in [0, 0.1) is 13.8 Å². The maximum absolute atomic E-state index is 6.35. The van der Waals surface area contributed by atoms with Crippen LogP contribution in [-0.2, 0) is 0 Å². The largest absolute Gasteiger partial charge is 0.319 e. The average molecular weight is 277 g/mol. The van der Waals surface area contributed by atoms with E-state index >= 15 is 0 Å². The fraction of sp³-hybridized carbons (Fsp3) is 0.167. The number of nitrogens with two attached hydrogens (primary N) is 1. The van der Waals surface area contributed by atoms with Crippen molar-refractivity contribution in [2.24, 2.45) is 5.73 Å². The quantitative estimate of drug-likeness (QED) is 0.795. The van der Waals surface area contributed by atoms with Crippen LogP contribution in [0.5, 0.6) is 0 Å². The molecule has 0 saturated carbocycles. The van der Waals surface area contributed by atoms with Crippen molar-refractivity contribution in [3.05, 3.63) is 83.2 Å². The van der Waals surface area contributed by atoms with E-state index in [9.17, 15) is 0 Å². The molecule has 1 heterocycles. The van der Waals surface area contributed by atoms with Crippen LogP contribution in [0.1, 0.15) is 28.4 Å². The second-order valence-electron chi connectivity index (χ2n) is 5.34. The van der Waals surface area contributed by atoms with Crippen LogP contribution in [-0.4, -0.2) is 9.78 Å². The summed E-state index contributed by atoms with van der Waals surface area (Å²) in [7, 11) is 0. The Bertz CT molecular complexity index is 744. The molecule has 3 heteroatoms. The summed E-state index contributed by atoms with van der Waals surface area (Å²) < 4.78 is 1.86. The number of benzene rings is 2. The van der Waals surface area contributed by atoms with Crippen LogP contribution in [0.2, 0.25) is 0 Å². The molecule has 2 N–H and O–H groups in total. The van der Waals surface area contributed by atoms with Gasteiger partial charge in [0.1, 0.15) is 0 Å². The zero-order chi connectivity index (χ0) is 14.8. The van der Waals surface area contributed by atoms with Crippen molar-refractivity contribution in [3.8, 4) is 5.69 Å². The lowest BCUT2D eigenvalue weighted by atomic mass is 10.00. The molecule has 106 valence electrons. The summed E-state index contributed by atoms with van der Waals surface area (Å²) in [5.41, 5.74) is 11.9. The molecule has 0 radical (unpaired) electrons. The van der Waals surface area contributed by atoms with Crippen LogP contribution < -0.4 is 5.73 Å². The van der Waals surface area contributed by atoms with Crippen molar-refractivity contribution in [2.45, 2.75) is 19.9 Å². The van der Waals surface area contributed by atoms with Crippen LogP contribution in [0.25, 0.3) is 5.69 Å². The van der Waals surface area contributed by atoms with Gasteiger partial charge in [0.15, 0.2) is 0 Å². The van der Waals surface area contributed by atoms with Gasteiger partial charge in [0.25, 0.3) is 0 Å². The Labute approximate surface area is 125 Å². The van der Waals surface area contributed by atoms with Gasteiger partial charge in [-0.15, -0.1) is 0 Å². The highest BCUT2D eigenvalue weighted by Gasteiger charge is 2.13. The summed E-state index contributed by atoms with van der Waals surface area (Å²) in [6.07, 6.45) is 1.95. The number of para-hydroxylation sites is 1. The first-order valence-electron chi connectivity index (χ1n) is 7.09. The summed E-state index contributed by atoms with van der Waals surface area (Å²) in [5, 5.41) is 4.60. The van der Waals surface area contributed by atoms with E-state index < -0.39 is 0 Å². The molecule has 1 unspecified atom stereocenters. The molecule has 0 fully saturated rings. The molecular formula is C18H19N3. The highest BCUT2D eigenvalue weighted by molar-refractivity contribution is 5.36. The number of hydrogen-bond donors (Lipinski definition) is 1. The van der Waals surface area contributed by atoms with Crippen LogP contribution in [0.4, 0.5) is 0 Å². The first-order valence-corrected chi connectivity index (χ1v) is 7.09. The van der Waals surface area contributed by atoms with Crippen LogP contribution in [0.3, 0.4) is 0 Å². The molecule has 2 aromatic carbocycles. The van der Waals surface area contributed by atoms with Gasteiger partial charge in [-0.3, -0.25) is 0 Å². The minimum atomic E-state index is -0.200. The van der Waals surface area contributed by atoms with Crippen molar-refractivity contribution in [2.75, 3.05) is 0 Å². The lowest BCUT2D eigenvalue weighted by molar-refractivity contribution is 0.772. The number of rotatable bonds is 3. The zero-order valence-electron chi connectivity index (χ0n) is 12.3. The Kier molecular flexibility index (Phi) is 3.59. The van der Waals surface area contributed by atoms with E-state index in [-0.39, 0.29) is 6.04 Å². The summed E-state index contributed by atoms with van der Waals surface area (Å²) >= 11 is 0. The third-order valence-electron chi connectivity index (χ3n) is 3.84. The fourth-order valence-electron chi connectivity index (χ4n) is 2.36. The highest BCUT2D eigenvalue weighted by Crippen LogP contribution is 2.21. The molecule has 3 nitrogen and oxygen atoms in total. The highest BCUT2D eigenvalue weighted by atomic mass is 15.3. The number of aryl methyl sites for hydroxylation is 2. The number of hydrogen-bond acceptors (Lipinski definition) is 2. The summed E-state index contributed by atoms with van der Waals surface area (Å²) in [5.74, 6) is 0. The van der Waals surface area contributed by atoms with E-state index in [2.05, 4.69) is 37.1 Å². The predicted octanol–water partition coefficient (Wildman–Crippen LogP) is 3.54. The summed E-state index contributed by atoms with van der Waals surface area (Å²) in [6.45, 7) is 4.21. The van der Waals surface area contributed by atoms with Gasteiger partial charge in [-0.2, -0.15) is 5.10 Å². The van der Waals surface area contributed by atoms with Gasteiger partial charge in [0.05, 0.1) is 17.4 Å². The van der Waals surface area contributed by atoms with Gasteiger partial charge in [0, 0.05) is 6.20 Å². The van der Waals surface area contributed by atoms with E-state index in [4.69, 9.17) is 5.73 Å². The smallest absolute Gasteiger partial charge is 0.0841 e. The molecule has 1 atom stereocenters. The molecule has 3 rings (SSSR count). The second kappa shape index (κ2) is 5.54. The predicted molar refractivity (Wildman–Crippen MR) is 85.5 cm³/mol. The molecule has 0 aliphatic rings. The van der Waals surface area contributed by atoms with E-state index in [0.29, 0.717) is 0 Å². The van der Waals surface area contributed by atoms with Crippen molar-refractivity contribution in [1.29, 1.82) is 0 Å². The minimum Gasteiger partial charge on any atom is -0.319 e. The first kappa shape index (κ1) is 13.6. The Hall–Kier alpha value is -2.39. The molecule has 21 heavy (non-hydrogen) atoms. The molecule has 0 saturated heterocycles. The van der Waals surface area contributed by atoms with Crippen molar-refractivity contribution in [3.63, 3.8) is 0 Å². The molecule has 0 aliphatic heterocycles. The topological polar surface area (TPSA) is 43.8 Å². The first-order chi connectivity index (χ1) is 10.1. The summed E-state index contributed by atoms with van der Waals surface area (Å²) in [4.78, 5) is 0. The molecule has 1 aromatic heterocycles. The summed E-state index contributed by atoms with van der Waals surface area (Å²) in [6, 6.07) is 18.2. The van der Waals surface area contributed by atoms with Crippen LogP contribution >= 0.6 is 0 Å². The monoisotopic (exact) mass is 277 g/mol. The van der Waals surface area contributed by atoms with Gasteiger partial charge in [-0.1, -0.05) is 36.4 Å². The van der Waals surface area contributed by atoms with E-state index in [1.807, 2.05) is 47.3 Å². The lowest BCUT2D eigenvalue weighted by Gasteiger charge is -2.11. The van der Waals surface area contributed by atoms with Gasteiger partial charge >= 0.3 is 0 Å². The second-order valence-corrected chi connectivity index (χ2v) is 5.34. The average Bonchev–Trinajstić information content (AvgIpc) is 3.00. The normalized spacial score (nSPS) is 12.3. The molecular weight excluding hydrogens is 258 g/mol. The van der Waals surface area contributed by atoms with E-state index in [1.54, 1.807) is 0 Å². The molecule has 0 aliphatic carbocycles. The maximum atomic E-state index is 6.35. The number of nitrogens with zero attached hydrogens (tertiary/aromatic N) is 2. The van der Waals surface area contributed by atoms with Crippen molar-refractivity contribution in [1.82, 2.24) is 9.78 Å². The molecule has 0 spiro atoms. The SMILES string of the molecule is Cc1ccc(C(N)c2ccn(-c3ccccc3)n2)cc1C. The van der Waals surface area contributed by atoms with E-state index in [0.717, 1.165) is 16.9 Å². The Morgan fingerprint density at radius 3 is 2.43 bits per heavy atom. The van der Waals surface area contributed by atoms with Gasteiger partial charge in [0.2, 0.25) is 0 Å². The van der Waals surface area contributed by atoms with Crippen molar-refractivity contribution >= 4 is 0 Å². The Morgan fingerprint density at radius 1 is 0.952 bits per heavy atom. The zero-order valence-corrected chi connectivity index (χ0v) is 12.3. The Balaban J connectivity index is 1.90. The van der Waals surface area contributed by atoms with Gasteiger partial charge in [-0.05, 0) is 48.7 Å². The minimum absolute atomic E-state index is 0.200. The Morgan fingerprint density at radius 2 is 1.71 bits per heavy atom. The molecule has 0 amide bonds. The third kappa shape index (κ3) is 2.73. The molecule has 0 bridgehead atoms. The van der Waals surface area contributed by atoms with E-state index in [1.165, 1.54) is 11.1 Å². The maximum Gasteiger partial charge on any atom is 0.0841 e. The van der Waals surface area contributed by atoms with Gasteiger partial charge < -0.3 is 5.73 Å². The van der Waals surface area contributed by atoms with Crippen LogP contribution in [0.15, 0.2) is 60.8 Å². The standard InChI is InChI=1S/C18H19N3/c1-13-8-9-15(12-14(13)2)18(19)17-10-11-21(20-17)16-6-4-3-5-7-16/h3-12,18H,19H2,1-2H3. The third-order valence-corrected chi connectivity index (χ3v) is 3.84. The lowest BCUT2D eigenvalue weighted by Crippen LogP contribution is -2.13. The van der Waals surface area contributed by atoms with Crippen molar-refractivity contribution < 1.29 is 0 Å².